The highest BCUT2D eigenvalue weighted by molar-refractivity contribution is 8.00. The minimum Gasteiger partial charge on any atom is -0.326 e. The zero-order valence-corrected chi connectivity index (χ0v) is 17.4. The molecule has 12 heteroatoms. The predicted molar refractivity (Wildman–Crippen MR) is 108 cm³/mol. The van der Waals surface area contributed by atoms with Gasteiger partial charge in [0, 0.05) is 17.0 Å². The van der Waals surface area contributed by atoms with Crippen molar-refractivity contribution in [3.05, 3.63) is 47.0 Å². The van der Waals surface area contributed by atoms with E-state index in [1.165, 1.54) is 30.0 Å². The van der Waals surface area contributed by atoms with Crippen LogP contribution in [0.25, 0.3) is 0 Å². The number of amides is 2. The van der Waals surface area contributed by atoms with E-state index in [1.807, 2.05) is 0 Å². The minimum atomic E-state index is -4.69. The Morgan fingerprint density at radius 3 is 2.63 bits per heavy atom. The molecule has 3 rings (SSSR count). The van der Waals surface area contributed by atoms with Crippen LogP contribution in [0.2, 0.25) is 5.02 Å². The van der Waals surface area contributed by atoms with E-state index >= 15 is 0 Å². The summed E-state index contributed by atoms with van der Waals surface area (Å²) in [5.41, 5.74) is -0.881. The highest BCUT2D eigenvalue weighted by atomic mass is 35.5. The van der Waals surface area contributed by atoms with Gasteiger partial charge in [-0.05, 0) is 36.4 Å². The summed E-state index contributed by atoms with van der Waals surface area (Å²) in [6.45, 7) is 0. The van der Waals surface area contributed by atoms with Crippen LogP contribution in [0.3, 0.4) is 0 Å². The van der Waals surface area contributed by atoms with Crippen molar-refractivity contribution in [2.24, 2.45) is 0 Å². The first-order valence-electron chi connectivity index (χ1n) is 8.42. The predicted octanol–water partition coefficient (Wildman–Crippen LogP) is 4.21. The highest BCUT2D eigenvalue weighted by Gasteiger charge is 2.33. The lowest BCUT2D eigenvalue weighted by molar-refractivity contribution is -0.137. The van der Waals surface area contributed by atoms with E-state index in [2.05, 4.69) is 10.6 Å². The number of rotatable bonds is 5. The van der Waals surface area contributed by atoms with Gasteiger partial charge in [0.2, 0.25) is 11.8 Å². The smallest absolute Gasteiger partial charge is 0.326 e. The van der Waals surface area contributed by atoms with Gasteiger partial charge in [-0.2, -0.15) is 13.2 Å². The third-order valence-electron chi connectivity index (χ3n) is 4.10. The Balaban J connectivity index is 1.67. The van der Waals surface area contributed by atoms with Crippen molar-refractivity contribution in [1.29, 1.82) is 0 Å². The lowest BCUT2D eigenvalue weighted by Crippen LogP contribution is -2.20. The molecule has 160 valence electrons. The van der Waals surface area contributed by atoms with Crippen molar-refractivity contribution >= 4 is 56.4 Å². The van der Waals surface area contributed by atoms with Gasteiger partial charge in [-0.15, -0.1) is 11.8 Å². The van der Waals surface area contributed by atoms with Crippen LogP contribution in [0, 0.1) is 0 Å². The molecular formula is C18H14ClF3N2O4S2. The summed E-state index contributed by atoms with van der Waals surface area (Å²) < 4.78 is 63.7. The van der Waals surface area contributed by atoms with E-state index in [4.69, 9.17) is 11.6 Å². The summed E-state index contributed by atoms with van der Waals surface area (Å²) in [7, 11) is -3.86. The quantitative estimate of drug-likeness (QED) is 0.671. The fraction of sp³-hybridized carbons (Fsp3) is 0.222. The summed E-state index contributed by atoms with van der Waals surface area (Å²) >= 11 is 6.80. The molecule has 0 bridgehead atoms. The van der Waals surface area contributed by atoms with E-state index in [0.29, 0.717) is 11.8 Å². The number of hydrogen-bond donors (Lipinski definition) is 2. The van der Waals surface area contributed by atoms with E-state index in [9.17, 15) is 31.2 Å². The van der Waals surface area contributed by atoms with Crippen molar-refractivity contribution in [3.63, 3.8) is 0 Å². The van der Waals surface area contributed by atoms with Crippen LogP contribution in [0.4, 0.5) is 24.5 Å². The Labute approximate surface area is 179 Å². The van der Waals surface area contributed by atoms with Crippen LogP contribution in [0.5, 0.6) is 0 Å². The summed E-state index contributed by atoms with van der Waals surface area (Å²) in [4.78, 5) is 24.2. The van der Waals surface area contributed by atoms with Crippen LogP contribution in [-0.4, -0.2) is 31.7 Å². The maximum Gasteiger partial charge on any atom is 0.417 e. The lowest BCUT2D eigenvalue weighted by Gasteiger charge is -2.17. The van der Waals surface area contributed by atoms with E-state index < -0.39 is 44.7 Å². The molecule has 0 unspecified atom stereocenters. The molecule has 1 aliphatic rings. The molecule has 2 aromatic rings. The first-order chi connectivity index (χ1) is 14.0. The number of fused-ring (bicyclic) bond motifs is 1. The summed E-state index contributed by atoms with van der Waals surface area (Å²) in [5, 5.41) is 4.31. The third kappa shape index (κ3) is 5.27. The summed E-state index contributed by atoms with van der Waals surface area (Å²) in [5.74, 6) is -1.34. The number of thioether (sulfide) groups is 1. The Kier molecular flexibility index (Phi) is 6.34. The molecule has 0 spiro atoms. The van der Waals surface area contributed by atoms with Gasteiger partial charge in [-0.1, -0.05) is 11.6 Å². The second-order valence-corrected chi connectivity index (χ2v) is 9.84. The monoisotopic (exact) mass is 478 g/mol. The summed E-state index contributed by atoms with van der Waals surface area (Å²) in [6, 6.07) is 7.13. The van der Waals surface area contributed by atoms with Gasteiger partial charge in [0.1, 0.15) is 0 Å². The highest BCUT2D eigenvalue weighted by Crippen LogP contribution is 2.36. The maximum atomic E-state index is 12.9. The number of carbonyl (C=O) groups is 2. The zero-order valence-electron chi connectivity index (χ0n) is 15.0. The van der Waals surface area contributed by atoms with Crippen LogP contribution < -0.4 is 10.6 Å². The molecule has 2 N–H and O–H groups in total. The van der Waals surface area contributed by atoms with E-state index in [-0.39, 0.29) is 22.2 Å². The van der Waals surface area contributed by atoms with Gasteiger partial charge >= 0.3 is 6.18 Å². The normalized spacial score (nSPS) is 14.1. The maximum absolute atomic E-state index is 12.9. The second kappa shape index (κ2) is 8.48. The van der Waals surface area contributed by atoms with Gasteiger partial charge in [0.25, 0.3) is 0 Å². The average molecular weight is 479 g/mol. The standard InChI is InChI=1S/C18H14ClF3N2O4S2/c19-13-3-1-10(7-12(13)18(20,21)22)23-16(25)5-6-30(27,28)11-2-4-15-14(8-11)24-17(26)9-29-15/h1-4,7-8H,5-6,9H2,(H,23,25)(H,24,26). The molecule has 2 amide bonds. The van der Waals surface area contributed by atoms with Crippen molar-refractivity contribution < 1.29 is 31.2 Å². The average Bonchev–Trinajstić information content (AvgIpc) is 2.66. The van der Waals surface area contributed by atoms with Crippen LogP contribution in [0.1, 0.15) is 12.0 Å². The third-order valence-corrected chi connectivity index (χ3v) is 7.21. The van der Waals surface area contributed by atoms with E-state index in [1.54, 1.807) is 6.07 Å². The molecule has 0 saturated heterocycles. The van der Waals surface area contributed by atoms with Crippen LogP contribution in [-0.2, 0) is 25.6 Å². The molecular weight excluding hydrogens is 465 g/mol. The molecule has 0 saturated carbocycles. The Morgan fingerprint density at radius 1 is 1.20 bits per heavy atom. The van der Waals surface area contributed by atoms with Crippen molar-refractivity contribution in [2.75, 3.05) is 22.1 Å². The lowest BCUT2D eigenvalue weighted by atomic mass is 10.2. The number of anilines is 2. The Bertz CT molecular complexity index is 1120. The molecule has 1 heterocycles. The van der Waals surface area contributed by atoms with Crippen LogP contribution in [0.15, 0.2) is 46.2 Å². The molecule has 0 atom stereocenters. The van der Waals surface area contributed by atoms with Crippen LogP contribution >= 0.6 is 23.4 Å². The Morgan fingerprint density at radius 2 is 1.93 bits per heavy atom. The molecule has 0 aromatic heterocycles. The molecule has 30 heavy (non-hydrogen) atoms. The number of halogens is 4. The molecule has 2 aromatic carbocycles. The van der Waals surface area contributed by atoms with Gasteiger partial charge in [-0.25, -0.2) is 8.42 Å². The largest absolute Gasteiger partial charge is 0.417 e. The first kappa shape index (κ1) is 22.4. The SMILES string of the molecule is O=C(CCS(=O)(=O)c1ccc2c(c1)NC(=O)CS2)Nc1ccc(Cl)c(C(F)(F)F)c1. The van der Waals surface area contributed by atoms with Gasteiger partial charge in [0.05, 0.1) is 32.7 Å². The minimum absolute atomic E-state index is 0.0669. The molecule has 6 nitrogen and oxygen atoms in total. The van der Waals surface area contributed by atoms with E-state index in [0.717, 1.165) is 11.0 Å². The Hall–Kier alpha value is -2.24. The number of nitrogens with one attached hydrogen (secondary N) is 2. The number of alkyl halides is 3. The van der Waals surface area contributed by atoms with Crippen molar-refractivity contribution in [1.82, 2.24) is 0 Å². The zero-order chi connectivity index (χ0) is 22.1. The van der Waals surface area contributed by atoms with Crippen molar-refractivity contribution in [3.8, 4) is 0 Å². The molecule has 0 fully saturated rings. The van der Waals surface area contributed by atoms with Crippen molar-refractivity contribution in [2.45, 2.75) is 22.4 Å². The summed E-state index contributed by atoms with van der Waals surface area (Å²) in [6.07, 6.45) is -5.16. The van der Waals surface area contributed by atoms with Gasteiger partial charge in [0.15, 0.2) is 9.84 Å². The molecule has 0 aliphatic carbocycles. The number of carbonyl (C=O) groups excluding carboxylic acids is 2. The molecule has 1 aliphatic heterocycles. The fourth-order valence-electron chi connectivity index (χ4n) is 2.64. The number of benzene rings is 2. The fourth-order valence-corrected chi connectivity index (χ4v) is 4.92. The topological polar surface area (TPSA) is 92.3 Å². The number of sulfone groups is 1. The number of hydrogen-bond acceptors (Lipinski definition) is 5. The second-order valence-electron chi connectivity index (χ2n) is 6.30. The van der Waals surface area contributed by atoms with Gasteiger partial charge in [-0.3, -0.25) is 9.59 Å². The molecule has 0 radical (unpaired) electrons. The van der Waals surface area contributed by atoms with Gasteiger partial charge < -0.3 is 10.6 Å². The first-order valence-corrected chi connectivity index (χ1v) is 11.4.